The van der Waals surface area contributed by atoms with Crippen LogP contribution in [0.25, 0.3) is 0 Å². The van der Waals surface area contributed by atoms with Crippen LogP contribution in [0, 0.1) is 20.8 Å². The number of carbonyl (C=O) groups is 2. The van der Waals surface area contributed by atoms with Crippen LogP contribution in [0.15, 0.2) is 36.4 Å². The number of rotatable bonds is 6. The van der Waals surface area contributed by atoms with Crippen molar-refractivity contribution in [2.75, 3.05) is 22.5 Å². The van der Waals surface area contributed by atoms with Gasteiger partial charge in [-0.1, -0.05) is 19.1 Å². The molecule has 0 aromatic heterocycles. The summed E-state index contributed by atoms with van der Waals surface area (Å²) in [6, 6.07) is 11.6. The molecule has 2 rings (SSSR count). The van der Waals surface area contributed by atoms with Gasteiger partial charge in [0.05, 0.1) is 6.54 Å². The number of hydrogen-bond donors (Lipinski definition) is 3. The minimum absolute atomic E-state index is 0.0527. The molecular formula is C20H25N3O2. The summed E-state index contributed by atoms with van der Waals surface area (Å²) in [6.07, 6.45) is 0.413. The van der Waals surface area contributed by atoms with Crippen LogP contribution in [0.3, 0.4) is 0 Å². The molecule has 0 radical (unpaired) electrons. The molecule has 0 saturated carbocycles. The monoisotopic (exact) mass is 339 g/mol. The number of benzene rings is 2. The molecule has 0 fully saturated rings. The molecule has 3 N–H and O–H groups in total. The zero-order valence-corrected chi connectivity index (χ0v) is 15.2. The van der Waals surface area contributed by atoms with Crippen LogP contribution >= 0.6 is 0 Å². The molecule has 0 atom stereocenters. The van der Waals surface area contributed by atoms with Crippen LogP contribution in [0.4, 0.5) is 17.1 Å². The highest BCUT2D eigenvalue weighted by Gasteiger charge is 2.09. The summed E-state index contributed by atoms with van der Waals surface area (Å²) in [5, 5.41) is 8.87. The van der Waals surface area contributed by atoms with E-state index in [1.807, 2.05) is 51.1 Å². The molecule has 2 aromatic rings. The van der Waals surface area contributed by atoms with Crippen LogP contribution < -0.4 is 16.0 Å². The van der Waals surface area contributed by atoms with Gasteiger partial charge in [0, 0.05) is 23.5 Å². The summed E-state index contributed by atoms with van der Waals surface area (Å²) in [4.78, 5) is 23.8. The molecule has 0 heterocycles. The smallest absolute Gasteiger partial charge is 0.243 e. The number of anilines is 3. The number of aryl methyl sites for hydroxylation is 2. The topological polar surface area (TPSA) is 70.2 Å². The quantitative estimate of drug-likeness (QED) is 0.745. The molecule has 0 unspecified atom stereocenters. The van der Waals surface area contributed by atoms with E-state index in [1.165, 1.54) is 0 Å². The first kappa shape index (κ1) is 18.5. The van der Waals surface area contributed by atoms with Gasteiger partial charge in [-0.05, 0) is 61.7 Å². The Hall–Kier alpha value is -2.82. The number of carbonyl (C=O) groups excluding carboxylic acids is 2. The van der Waals surface area contributed by atoms with Crippen LogP contribution in [0.5, 0.6) is 0 Å². The van der Waals surface area contributed by atoms with E-state index in [2.05, 4.69) is 22.0 Å². The van der Waals surface area contributed by atoms with Crippen molar-refractivity contribution in [3.05, 3.63) is 53.1 Å². The molecule has 132 valence electrons. The first-order valence-corrected chi connectivity index (χ1v) is 8.40. The van der Waals surface area contributed by atoms with E-state index in [0.717, 1.165) is 22.4 Å². The predicted octanol–water partition coefficient (Wildman–Crippen LogP) is 4.01. The Morgan fingerprint density at radius 1 is 0.880 bits per heavy atom. The van der Waals surface area contributed by atoms with Crippen molar-refractivity contribution in [1.29, 1.82) is 0 Å². The summed E-state index contributed by atoms with van der Waals surface area (Å²) >= 11 is 0. The lowest BCUT2D eigenvalue weighted by Crippen LogP contribution is -2.22. The Morgan fingerprint density at radius 2 is 1.44 bits per heavy atom. The predicted molar refractivity (Wildman–Crippen MR) is 103 cm³/mol. The van der Waals surface area contributed by atoms with E-state index in [1.54, 1.807) is 6.92 Å². The van der Waals surface area contributed by atoms with Crippen LogP contribution in [0.1, 0.15) is 30.0 Å². The molecule has 2 amide bonds. The van der Waals surface area contributed by atoms with Crippen LogP contribution in [-0.4, -0.2) is 18.4 Å². The SMILES string of the molecule is CCC(=O)Nc1cccc(NC(=O)CNc2cc(C)cc(C)c2)c1C. The average molecular weight is 339 g/mol. The van der Waals surface area contributed by atoms with E-state index in [-0.39, 0.29) is 18.4 Å². The van der Waals surface area contributed by atoms with Crippen molar-refractivity contribution >= 4 is 28.9 Å². The Kier molecular flexibility index (Phi) is 6.17. The summed E-state index contributed by atoms with van der Waals surface area (Å²) < 4.78 is 0. The highest BCUT2D eigenvalue weighted by molar-refractivity contribution is 5.97. The van der Waals surface area contributed by atoms with E-state index < -0.39 is 0 Å². The Balaban J connectivity index is 2.00. The van der Waals surface area contributed by atoms with Gasteiger partial charge in [-0.15, -0.1) is 0 Å². The molecule has 0 aliphatic heterocycles. The van der Waals surface area contributed by atoms with Crippen molar-refractivity contribution < 1.29 is 9.59 Å². The Labute approximate surface area is 148 Å². The number of hydrogen-bond acceptors (Lipinski definition) is 3. The van der Waals surface area contributed by atoms with Crippen molar-refractivity contribution in [3.8, 4) is 0 Å². The molecule has 5 nitrogen and oxygen atoms in total. The van der Waals surface area contributed by atoms with Gasteiger partial charge in [0.2, 0.25) is 11.8 Å². The Bertz CT molecular complexity index is 764. The average Bonchev–Trinajstić information content (AvgIpc) is 2.55. The maximum absolute atomic E-state index is 12.2. The first-order valence-electron chi connectivity index (χ1n) is 8.40. The summed E-state index contributed by atoms with van der Waals surface area (Å²) in [5.74, 6) is -0.190. The fourth-order valence-electron chi connectivity index (χ4n) is 2.60. The standard InChI is InChI=1S/C20H25N3O2/c1-5-19(24)22-17-7-6-8-18(15(17)4)23-20(25)12-21-16-10-13(2)9-14(3)11-16/h6-11,21H,5,12H2,1-4H3,(H,22,24)(H,23,25). The van der Waals surface area contributed by atoms with Gasteiger partial charge < -0.3 is 16.0 Å². The molecule has 0 saturated heterocycles. The van der Waals surface area contributed by atoms with E-state index in [0.29, 0.717) is 17.8 Å². The highest BCUT2D eigenvalue weighted by atomic mass is 16.2. The minimum atomic E-state index is -0.138. The van der Waals surface area contributed by atoms with E-state index in [4.69, 9.17) is 0 Å². The van der Waals surface area contributed by atoms with E-state index >= 15 is 0 Å². The third kappa shape index (κ3) is 5.35. The molecule has 2 aromatic carbocycles. The third-order valence-corrected chi connectivity index (χ3v) is 3.88. The molecule has 0 aliphatic carbocycles. The Morgan fingerprint density at radius 3 is 2.00 bits per heavy atom. The number of amides is 2. The lowest BCUT2D eigenvalue weighted by atomic mass is 10.1. The summed E-state index contributed by atoms with van der Waals surface area (Å²) in [5.41, 5.74) is 5.47. The van der Waals surface area contributed by atoms with Crippen molar-refractivity contribution in [2.24, 2.45) is 0 Å². The first-order chi connectivity index (χ1) is 11.9. The zero-order valence-electron chi connectivity index (χ0n) is 15.2. The lowest BCUT2D eigenvalue weighted by molar-refractivity contribution is -0.116. The maximum Gasteiger partial charge on any atom is 0.243 e. The fraction of sp³-hybridized carbons (Fsp3) is 0.300. The lowest BCUT2D eigenvalue weighted by Gasteiger charge is -2.14. The molecule has 0 spiro atoms. The van der Waals surface area contributed by atoms with Gasteiger partial charge in [0.15, 0.2) is 0 Å². The molecular weight excluding hydrogens is 314 g/mol. The maximum atomic E-state index is 12.2. The largest absolute Gasteiger partial charge is 0.376 e. The molecule has 0 aliphatic rings. The van der Waals surface area contributed by atoms with Gasteiger partial charge in [-0.25, -0.2) is 0 Å². The minimum Gasteiger partial charge on any atom is -0.376 e. The summed E-state index contributed by atoms with van der Waals surface area (Å²) in [7, 11) is 0. The zero-order chi connectivity index (χ0) is 18.4. The van der Waals surface area contributed by atoms with Crippen LogP contribution in [0.2, 0.25) is 0 Å². The second-order valence-electron chi connectivity index (χ2n) is 6.16. The second-order valence-corrected chi connectivity index (χ2v) is 6.16. The number of nitrogens with one attached hydrogen (secondary N) is 3. The van der Waals surface area contributed by atoms with Crippen LogP contribution in [-0.2, 0) is 9.59 Å². The third-order valence-electron chi connectivity index (χ3n) is 3.88. The van der Waals surface area contributed by atoms with Gasteiger partial charge in [0.25, 0.3) is 0 Å². The molecule has 5 heteroatoms. The van der Waals surface area contributed by atoms with E-state index in [9.17, 15) is 9.59 Å². The van der Waals surface area contributed by atoms with Crippen molar-refractivity contribution in [2.45, 2.75) is 34.1 Å². The highest BCUT2D eigenvalue weighted by Crippen LogP contribution is 2.23. The van der Waals surface area contributed by atoms with Crippen molar-refractivity contribution in [3.63, 3.8) is 0 Å². The fourth-order valence-corrected chi connectivity index (χ4v) is 2.60. The summed E-state index contributed by atoms with van der Waals surface area (Å²) in [6.45, 7) is 7.90. The molecule has 0 bridgehead atoms. The second kappa shape index (κ2) is 8.33. The van der Waals surface area contributed by atoms with Gasteiger partial charge in [-0.3, -0.25) is 9.59 Å². The van der Waals surface area contributed by atoms with Gasteiger partial charge >= 0.3 is 0 Å². The molecule has 25 heavy (non-hydrogen) atoms. The van der Waals surface area contributed by atoms with Gasteiger partial charge in [-0.2, -0.15) is 0 Å². The van der Waals surface area contributed by atoms with Gasteiger partial charge in [0.1, 0.15) is 0 Å². The normalized spacial score (nSPS) is 10.2. The van der Waals surface area contributed by atoms with Crippen molar-refractivity contribution in [1.82, 2.24) is 0 Å².